The zero-order chi connectivity index (χ0) is 18.9. The van der Waals surface area contributed by atoms with Gasteiger partial charge in [0.2, 0.25) is 0 Å². The fourth-order valence-electron chi connectivity index (χ4n) is 4.25. The molecular weight excluding hydrogens is 349 g/mol. The van der Waals surface area contributed by atoms with Gasteiger partial charge in [0, 0.05) is 22.3 Å². The molecule has 3 heteroatoms. The molecular formula is C24H26NOP. The molecule has 0 radical (unpaired) electrons. The summed E-state index contributed by atoms with van der Waals surface area (Å²) in [5.41, 5.74) is 2.42. The summed E-state index contributed by atoms with van der Waals surface area (Å²) in [4.78, 5) is 2.40. The molecule has 1 aliphatic rings. The molecule has 0 aliphatic carbocycles. The molecule has 3 aromatic carbocycles. The second-order valence-electron chi connectivity index (χ2n) is 7.48. The van der Waals surface area contributed by atoms with Gasteiger partial charge >= 0.3 is 0 Å². The SMILES string of the molecule is Cc1ccc(N2C(C)CCC2P(=O)(c2ccccc2)c2ccccc2)cc1. The number of hydrogen-bond donors (Lipinski definition) is 0. The predicted octanol–water partition coefficient (Wildman–Crippen LogP) is 5.32. The molecule has 4 rings (SSSR count). The molecule has 2 atom stereocenters. The van der Waals surface area contributed by atoms with Gasteiger partial charge in [-0.15, -0.1) is 0 Å². The molecule has 3 aromatic rings. The van der Waals surface area contributed by atoms with Crippen LogP contribution in [0.3, 0.4) is 0 Å². The lowest BCUT2D eigenvalue weighted by Gasteiger charge is -2.36. The number of aryl methyl sites for hydroxylation is 1. The zero-order valence-electron chi connectivity index (χ0n) is 16.0. The van der Waals surface area contributed by atoms with Crippen LogP contribution >= 0.6 is 7.14 Å². The molecule has 0 aromatic heterocycles. The van der Waals surface area contributed by atoms with E-state index in [9.17, 15) is 4.57 Å². The van der Waals surface area contributed by atoms with Crippen LogP contribution in [0.15, 0.2) is 84.9 Å². The van der Waals surface area contributed by atoms with Gasteiger partial charge in [0.25, 0.3) is 0 Å². The van der Waals surface area contributed by atoms with Crippen LogP contribution in [-0.2, 0) is 4.57 Å². The average Bonchev–Trinajstić information content (AvgIpc) is 3.11. The van der Waals surface area contributed by atoms with Crippen molar-refractivity contribution in [3.8, 4) is 0 Å². The topological polar surface area (TPSA) is 20.3 Å². The van der Waals surface area contributed by atoms with Gasteiger partial charge in [-0.25, -0.2) is 0 Å². The Labute approximate surface area is 162 Å². The molecule has 2 unspecified atom stereocenters. The molecule has 27 heavy (non-hydrogen) atoms. The fourth-order valence-corrected chi connectivity index (χ4v) is 7.70. The van der Waals surface area contributed by atoms with Crippen LogP contribution < -0.4 is 15.5 Å². The van der Waals surface area contributed by atoms with Gasteiger partial charge in [-0.2, -0.15) is 0 Å². The first-order valence-electron chi connectivity index (χ1n) is 9.66. The molecule has 0 amide bonds. The van der Waals surface area contributed by atoms with Gasteiger partial charge in [-0.05, 0) is 38.8 Å². The van der Waals surface area contributed by atoms with E-state index in [1.165, 1.54) is 11.3 Å². The zero-order valence-corrected chi connectivity index (χ0v) is 16.8. The van der Waals surface area contributed by atoms with Crippen molar-refractivity contribution in [2.45, 2.75) is 38.5 Å². The first-order chi connectivity index (χ1) is 13.1. The second-order valence-corrected chi connectivity index (χ2v) is 10.4. The number of rotatable bonds is 4. The van der Waals surface area contributed by atoms with Gasteiger partial charge in [-0.1, -0.05) is 78.4 Å². The standard InChI is InChI=1S/C24H26NOP/c1-19-13-16-21(17-14-19)25-20(2)15-18-24(25)27(26,22-9-5-3-6-10-22)23-11-7-4-8-12-23/h3-14,16-17,20,24H,15,18H2,1-2H3. The molecule has 1 fully saturated rings. The molecule has 1 heterocycles. The van der Waals surface area contributed by atoms with Gasteiger partial charge in [0.15, 0.2) is 7.14 Å². The summed E-state index contributed by atoms with van der Waals surface area (Å²) in [6, 6.07) is 29.1. The molecule has 138 valence electrons. The van der Waals surface area contributed by atoms with Crippen LogP contribution in [0.4, 0.5) is 5.69 Å². The number of anilines is 1. The van der Waals surface area contributed by atoms with E-state index in [-0.39, 0.29) is 5.78 Å². The number of nitrogens with zero attached hydrogens (tertiary/aromatic N) is 1. The highest BCUT2D eigenvalue weighted by Crippen LogP contribution is 2.55. The van der Waals surface area contributed by atoms with Crippen LogP contribution in [0.2, 0.25) is 0 Å². The van der Waals surface area contributed by atoms with E-state index in [2.05, 4.69) is 43.0 Å². The predicted molar refractivity (Wildman–Crippen MR) is 116 cm³/mol. The maximum absolute atomic E-state index is 14.8. The van der Waals surface area contributed by atoms with Crippen molar-refractivity contribution in [3.63, 3.8) is 0 Å². The van der Waals surface area contributed by atoms with Crippen LogP contribution in [0.1, 0.15) is 25.3 Å². The lowest BCUT2D eigenvalue weighted by Crippen LogP contribution is -2.39. The van der Waals surface area contributed by atoms with Crippen LogP contribution in [-0.4, -0.2) is 11.8 Å². The van der Waals surface area contributed by atoms with E-state index < -0.39 is 7.14 Å². The average molecular weight is 375 g/mol. The Kier molecular flexibility index (Phi) is 4.93. The fraction of sp³-hybridized carbons (Fsp3) is 0.250. The van der Waals surface area contributed by atoms with E-state index in [4.69, 9.17) is 0 Å². The summed E-state index contributed by atoms with van der Waals surface area (Å²) >= 11 is 0. The number of benzene rings is 3. The normalized spacial score (nSPS) is 20.0. The molecule has 1 aliphatic heterocycles. The van der Waals surface area contributed by atoms with E-state index in [0.717, 1.165) is 23.5 Å². The van der Waals surface area contributed by atoms with Gasteiger partial charge in [-0.3, -0.25) is 0 Å². The van der Waals surface area contributed by atoms with Crippen molar-refractivity contribution in [3.05, 3.63) is 90.5 Å². The highest BCUT2D eigenvalue weighted by atomic mass is 31.2. The van der Waals surface area contributed by atoms with Crippen LogP contribution in [0.5, 0.6) is 0 Å². The summed E-state index contributed by atoms with van der Waals surface area (Å²) in [5, 5.41) is 1.90. The van der Waals surface area contributed by atoms with Gasteiger partial charge in [0.05, 0.1) is 5.78 Å². The molecule has 0 spiro atoms. The highest BCUT2D eigenvalue weighted by molar-refractivity contribution is 7.79. The van der Waals surface area contributed by atoms with Crippen molar-refractivity contribution in [2.24, 2.45) is 0 Å². The summed E-state index contributed by atoms with van der Waals surface area (Å²) in [7, 11) is -2.82. The Balaban J connectivity index is 1.87. The number of hydrogen-bond acceptors (Lipinski definition) is 2. The van der Waals surface area contributed by atoms with E-state index in [1.54, 1.807) is 0 Å². The minimum absolute atomic E-state index is 0.0139. The lowest BCUT2D eigenvalue weighted by atomic mass is 10.2. The van der Waals surface area contributed by atoms with E-state index in [1.807, 2.05) is 60.7 Å². The maximum atomic E-state index is 14.8. The monoisotopic (exact) mass is 375 g/mol. The maximum Gasteiger partial charge on any atom is 0.164 e. The largest absolute Gasteiger partial charge is 0.358 e. The molecule has 2 nitrogen and oxygen atoms in total. The summed E-state index contributed by atoms with van der Waals surface area (Å²) in [6.45, 7) is 4.35. The summed E-state index contributed by atoms with van der Waals surface area (Å²) in [5.74, 6) is -0.0139. The third kappa shape index (κ3) is 3.24. The van der Waals surface area contributed by atoms with Crippen molar-refractivity contribution in [1.29, 1.82) is 0 Å². The van der Waals surface area contributed by atoms with Crippen molar-refractivity contribution in [2.75, 3.05) is 4.90 Å². The first-order valence-corrected chi connectivity index (χ1v) is 11.4. The molecule has 0 saturated carbocycles. The first kappa shape index (κ1) is 18.1. The van der Waals surface area contributed by atoms with Crippen molar-refractivity contribution in [1.82, 2.24) is 0 Å². The minimum Gasteiger partial charge on any atom is -0.358 e. The van der Waals surface area contributed by atoms with Crippen LogP contribution in [0.25, 0.3) is 0 Å². The molecule has 0 bridgehead atoms. The summed E-state index contributed by atoms with van der Waals surface area (Å²) < 4.78 is 14.8. The van der Waals surface area contributed by atoms with Crippen LogP contribution in [0, 0.1) is 6.92 Å². The third-order valence-corrected chi connectivity index (χ3v) is 9.15. The smallest absolute Gasteiger partial charge is 0.164 e. The quantitative estimate of drug-likeness (QED) is 0.575. The van der Waals surface area contributed by atoms with Gasteiger partial charge < -0.3 is 9.46 Å². The second kappa shape index (κ2) is 7.37. The third-order valence-electron chi connectivity index (χ3n) is 5.67. The minimum atomic E-state index is -2.82. The Morgan fingerprint density at radius 2 is 1.30 bits per heavy atom. The van der Waals surface area contributed by atoms with Crippen molar-refractivity contribution >= 4 is 23.4 Å². The Bertz CT molecular complexity index is 894. The van der Waals surface area contributed by atoms with E-state index in [0.29, 0.717) is 6.04 Å². The lowest BCUT2D eigenvalue weighted by molar-refractivity contribution is 0.576. The highest BCUT2D eigenvalue weighted by Gasteiger charge is 2.45. The van der Waals surface area contributed by atoms with E-state index >= 15 is 0 Å². The Morgan fingerprint density at radius 1 is 0.778 bits per heavy atom. The van der Waals surface area contributed by atoms with Crippen molar-refractivity contribution < 1.29 is 4.57 Å². The Morgan fingerprint density at radius 3 is 1.81 bits per heavy atom. The molecule has 1 saturated heterocycles. The molecule has 0 N–H and O–H groups in total. The van der Waals surface area contributed by atoms with Gasteiger partial charge in [0.1, 0.15) is 0 Å². The summed E-state index contributed by atoms with van der Waals surface area (Å²) in [6.07, 6.45) is 2.00. The Hall–Kier alpha value is -2.31.